The van der Waals surface area contributed by atoms with E-state index in [0.29, 0.717) is 0 Å². The third-order valence-corrected chi connectivity index (χ3v) is 2.88. The molecule has 0 saturated carbocycles. The molecule has 2 aromatic carbocycles. The number of hydrogen-bond donors (Lipinski definition) is 2. The average molecular weight is 280 g/mol. The molecule has 0 aliphatic rings. The van der Waals surface area contributed by atoms with E-state index in [1.54, 1.807) is 0 Å². The molecule has 98 valence electrons. The molecular formula is C13H11BClFO3. The van der Waals surface area contributed by atoms with Crippen molar-refractivity contribution in [2.45, 2.75) is 6.61 Å². The van der Waals surface area contributed by atoms with Gasteiger partial charge in [-0.15, -0.1) is 0 Å². The first-order valence-electron chi connectivity index (χ1n) is 5.60. The summed E-state index contributed by atoms with van der Waals surface area (Å²) in [5.41, 5.74) is 0.584. The predicted molar refractivity (Wildman–Crippen MR) is 72.0 cm³/mol. The molecule has 0 bridgehead atoms. The van der Waals surface area contributed by atoms with Crippen LogP contribution in [0.15, 0.2) is 42.5 Å². The van der Waals surface area contributed by atoms with Crippen molar-refractivity contribution < 1.29 is 19.2 Å². The lowest BCUT2D eigenvalue weighted by Gasteiger charge is -2.11. The van der Waals surface area contributed by atoms with Crippen molar-refractivity contribution in [3.05, 3.63) is 58.9 Å². The summed E-state index contributed by atoms with van der Waals surface area (Å²) in [7, 11) is -1.91. The second-order valence-electron chi connectivity index (χ2n) is 3.93. The highest BCUT2D eigenvalue weighted by Crippen LogP contribution is 2.27. The van der Waals surface area contributed by atoms with Crippen LogP contribution in [-0.4, -0.2) is 17.2 Å². The summed E-state index contributed by atoms with van der Waals surface area (Å²) >= 11 is 5.84. The lowest BCUT2D eigenvalue weighted by atomic mass is 9.80. The third-order valence-electron chi connectivity index (χ3n) is 2.58. The molecule has 3 nitrogen and oxygen atoms in total. The van der Waals surface area contributed by atoms with Crippen LogP contribution in [0, 0.1) is 5.82 Å². The quantitative estimate of drug-likeness (QED) is 0.839. The molecule has 0 unspecified atom stereocenters. The van der Waals surface area contributed by atoms with Crippen LogP contribution in [0.2, 0.25) is 5.02 Å². The molecule has 0 saturated heterocycles. The molecule has 6 heteroatoms. The first-order chi connectivity index (χ1) is 9.09. The summed E-state index contributed by atoms with van der Waals surface area (Å²) in [6.45, 7) is 0.141. The summed E-state index contributed by atoms with van der Waals surface area (Å²) in [6, 6.07) is 11.8. The maximum absolute atomic E-state index is 14.0. The summed E-state index contributed by atoms with van der Waals surface area (Å²) in [5, 5.41) is 18.1. The Labute approximate surface area is 115 Å². The fourth-order valence-electron chi connectivity index (χ4n) is 1.61. The molecule has 0 amide bonds. The van der Waals surface area contributed by atoms with Gasteiger partial charge in [-0.2, -0.15) is 0 Å². The lowest BCUT2D eigenvalue weighted by Crippen LogP contribution is -2.33. The third kappa shape index (κ3) is 3.26. The van der Waals surface area contributed by atoms with Crippen molar-refractivity contribution in [3.8, 4) is 5.75 Å². The van der Waals surface area contributed by atoms with Gasteiger partial charge in [0.05, 0.1) is 5.02 Å². The molecule has 0 atom stereocenters. The molecule has 0 fully saturated rings. The van der Waals surface area contributed by atoms with E-state index in [2.05, 4.69) is 0 Å². The number of rotatable bonds is 4. The molecule has 2 rings (SSSR count). The molecule has 19 heavy (non-hydrogen) atoms. The summed E-state index contributed by atoms with van der Waals surface area (Å²) < 4.78 is 19.3. The Morgan fingerprint density at radius 3 is 2.42 bits per heavy atom. The van der Waals surface area contributed by atoms with E-state index in [1.807, 2.05) is 30.3 Å². The molecule has 0 aliphatic carbocycles. The second kappa shape index (κ2) is 6.06. The Morgan fingerprint density at radius 2 is 1.79 bits per heavy atom. The Balaban J connectivity index is 2.22. The monoisotopic (exact) mass is 280 g/mol. The minimum absolute atomic E-state index is 0.0813. The molecular weight excluding hydrogens is 269 g/mol. The van der Waals surface area contributed by atoms with Crippen LogP contribution < -0.4 is 10.2 Å². The van der Waals surface area contributed by atoms with Gasteiger partial charge in [0.2, 0.25) is 0 Å². The van der Waals surface area contributed by atoms with Gasteiger partial charge in [0, 0.05) is 5.46 Å². The molecule has 0 aliphatic heterocycles. The maximum Gasteiger partial charge on any atom is 0.491 e. The van der Waals surface area contributed by atoms with Crippen molar-refractivity contribution in [2.24, 2.45) is 0 Å². The van der Waals surface area contributed by atoms with Gasteiger partial charge in [-0.3, -0.25) is 0 Å². The SMILES string of the molecule is OB(O)c1ccc(Cl)c(OCc2ccccc2)c1F. The van der Waals surface area contributed by atoms with Gasteiger partial charge in [-0.25, -0.2) is 4.39 Å². The van der Waals surface area contributed by atoms with Gasteiger partial charge in [-0.1, -0.05) is 48.0 Å². The van der Waals surface area contributed by atoms with Gasteiger partial charge in [0.25, 0.3) is 0 Å². The highest BCUT2D eigenvalue weighted by molar-refractivity contribution is 6.58. The van der Waals surface area contributed by atoms with Crippen LogP contribution >= 0.6 is 11.6 Å². The summed E-state index contributed by atoms with van der Waals surface area (Å²) in [6.07, 6.45) is 0. The first-order valence-corrected chi connectivity index (χ1v) is 5.98. The van der Waals surface area contributed by atoms with E-state index in [0.717, 1.165) is 5.56 Å². The van der Waals surface area contributed by atoms with Crippen molar-refractivity contribution in [1.82, 2.24) is 0 Å². The largest absolute Gasteiger partial charge is 0.491 e. The van der Waals surface area contributed by atoms with Crippen molar-refractivity contribution in [2.75, 3.05) is 0 Å². The van der Waals surface area contributed by atoms with Crippen molar-refractivity contribution >= 4 is 24.2 Å². The maximum atomic E-state index is 14.0. The van der Waals surface area contributed by atoms with E-state index < -0.39 is 12.9 Å². The fourth-order valence-corrected chi connectivity index (χ4v) is 1.81. The molecule has 0 radical (unpaired) electrons. The zero-order valence-electron chi connectivity index (χ0n) is 9.88. The van der Waals surface area contributed by atoms with Gasteiger partial charge in [-0.05, 0) is 11.6 Å². The van der Waals surface area contributed by atoms with Gasteiger partial charge >= 0.3 is 7.12 Å². The second-order valence-corrected chi connectivity index (χ2v) is 4.33. The van der Waals surface area contributed by atoms with Crippen LogP contribution in [0.25, 0.3) is 0 Å². The van der Waals surface area contributed by atoms with Crippen LogP contribution in [0.4, 0.5) is 4.39 Å². The minimum atomic E-state index is -1.91. The number of halogens is 2. The van der Waals surface area contributed by atoms with E-state index in [9.17, 15) is 4.39 Å². The van der Waals surface area contributed by atoms with E-state index in [4.69, 9.17) is 26.4 Å². The number of hydrogen-bond acceptors (Lipinski definition) is 3. The minimum Gasteiger partial charge on any atom is -0.484 e. The topological polar surface area (TPSA) is 49.7 Å². The molecule has 0 aromatic heterocycles. The van der Waals surface area contributed by atoms with Crippen LogP contribution in [-0.2, 0) is 6.61 Å². The first kappa shape index (κ1) is 13.9. The summed E-state index contributed by atoms with van der Waals surface area (Å²) in [4.78, 5) is 0. The molecule has 0 heterocycles. The fraction of sp³-hybridized carbons (Fsp3) is 0.0769. The normalized spacial score (nSPS) is 10.3. The average Bonchev–Trinajstić information content (AvgIpc) is 2.39. The summed E-state index contributed by atoms with van der Waals surface area (Å²) in [5.74, 6) is -1.05. The van der Waals surface area contributed by atoms with Gasteiger partial charge < -0.3 is 14.8 Å². The molecule has 2 N–H and O–H groups in total. The van der Waals surface area contributed by atoms with E-state index in [1.165, 1.54) is 12.1 Å². The number of benzene rings is 2. The Bertz CT molecular complexity index is 563. The van der Waals surface area contributed by atoms with E-state index >= 15 is 0 Å². The molecule has 0 spiro atoms. The highest BCUT2D eigenvalue weighted by Gasteiger charge is 2.22. The van der Waals surface area contributed by atoms with Gasteiger partial charge in [0.1, 0.15) is 6.61 Å². The standard InChI is InChI=1S/C13H11BClFO3/c15-11-7-6-10(14(17)18)12(16)13(11)19-8-9-4-2-1-3-5-9/h1-7,17-18H,8H2. The zero-order valence-corrected chi connectivity index (χ0v) is 10.6. The zero-order chi connectivity index (χ0) is 13.8. The van der Waals surface area contributed by atoms with Crippen LogP contribution in [0.1, 0.15) is 5.56 Å². The lowest BCUT2D eigenvalue weighted by molar-refractivity contribution is 0.291. The van der Waals surface area contributed by atoms with Crippen LogP contribution in [0.3, 0.4) is 0 Å². The Morgan fingerprint density at radius 1 is 1.11 bits per heavy atom. The smallest absolute Gasteiger partial charge is 0.484 e. The van der Waals surface area contributed by atoms with Gasteiger partial charge in [0.15, 0.2) is 11.6 Å². The van der Waals surface area contributed by atoms with Crippen molar-refractivity contribution in [3.63, 3.8) is 0 Å². The van der Waals surface area contributed by atoms with Crippen molar-refractivity contribution in [1.29, 1.82) is 0 Å². The Kier molecular flexibility index (Phi) is 4.42. The Hall–Kier alpha value is -1.56. The highest BCUT2D eigenvalue weighted by atomic mass is 35.5. The molecule has 2 aromatic rings. The predicted octanol–water partition coefficient (Wildman–Crippen LogP) is 1.74. The number of ether oxygens (including phenoxy) is 1. The van der Waals surface area contributed by atoms with E-state index in [-0.39, 0.29) is 22.8 Å². The van der Waals surface area contributed by atoms with Crippen LogP contribution in [0.5, 0.6) is 5.75 Å².